The summed E-state index contributed by atoms with van der Waals surface area (Å²) in [5.41, 5.74) is 2.03. The molecule has 2 heterocycles. The van der Waals surface area contributed by atoms with Crippen molar-refractivity contribution in [1.29, 1.82) is 5.26 Å². The van der Waals surface area contributed by atoms with Crippen LogP contribution >= 0.6 is 23.1 Å². The fraction of sp³-hybridized carbons (Fsp3) is 0.600. The smallest absolute Gasteiger partial charge is 0.235 e. The van der Waals surface area contributed by atoms with E-state index < -0.39 is 0 Å². The molecule has 0 spiro atoms. The third kappa shape index (κ3) is 5.20. The molecule has 0 aliphatic heterocycles. The van der Waals surface area contributed by atoms with Crippen molar-refractivity contribution in [2.45, 2.75) is 83.3 Å². The second-order valence-corrected chi connectivity index (χ2v) is 12.2. The quantitative estimate of drug-likeness (QED) is 0.389. The first kappa shape index (κ1) is 24.0. The molecule has 0 aromatic carbocycles. The van der Waals surface area contributed by atoms with Crippen LogP contribution in [0.25, 0.3) is 0 Å². The molecule has 4 rings (SSSR count). The van der Waals surface area contributed by atoms with Gasteiger partial charge in [-0.2, -0.15) is 5.26 Å². The van der Waals surface area contributed by atoms with E-state index in [9.17, 15) is 10.1 Å². The summed E-state index contributed by atoms with van der Waals surface area (Å²) in [5, 5.41) is 23.1. The van der Waals surface area contributed by atoms with Crippen LogP contribution in [0.15, 0.2) is 17.8 Å². The average molecular weight is 484 g/mol. The first-order chi connectivity index (χ1) is 15.8. The SMILES string of the molecule is C=CCn1c(SCC(=O)Nc2sc3c(c2C#N)CCC(C(C)(C)C)C3)nnc1C1CCCC1. The van der Waals surface area contributed by atoms with Crippen LogP contribution in [0.4, 0.5) is 5.00 Å². The Hall–Kier alpha value is -2.11. The van der Waals surface area contributed by atoms with Gasteiger partial charge >= 0.3 is 0 Å². The zero-order valence-corrected chi connectivity index (χ0v) is 21.4. The van der Waals surface area contributed by atoms with Gasteiger partial charge in [-0.1, -0.05) is 51.5 Å². The van der Waals surface area contributed by atoms with E-state index in [2.05, 4.69) is 53.5 Å². The number of hydrogen-bond donors (Lipinski definition) is 1. The number of carbonyl (C=O) groups is 1. The van der Waals surface area contributed by atoms with Crippen molar-refractivity contribution < 1.29 is 4.79 Å². The van der Waals surface area contributed by atoms with Crippen molar-refractivity contribution in [1.82, 2.24) is 14.8 Å². The zero-order chi connectivity index (χ0) is 23.6. The second-order valence-electron chi connectivity index (χ2n) is 10.2. The minimum atomic E-state index is -0.113. The summed E-state index contributed by atoms with van der Waals surface area (Å²) in [6.45, 7) is 11.4. The molecule has 1 amide bonds. The fourth-order valence-corrected chi connectivity index (χ4v) is 7.07. The Bertz CT molecular complexity index is 1070. The molecule has 6 nitrogen and oxygen atoms in total. The number of nitriles is 1. The lowest BCUT2D eigenvalue weighted by Crippen LogP contribution is -2.26. The highest BCUT2D eigenvalue weighted by Crippen LogP contribution is 2.44. The van der Waals surface area contributed by atoms with Gasteiger partial charge in [0.25, 0.3) is 0 Å². The number of fused-ring (bicyclic) bond motifs is 1. The molecule has 8 heteroatoms. The van der Waals surface area contributed by atoms with E-state index in [0.717, 1.165) is 48.6 Å². The lowest BCUT2D eigenvalue weighted by molar-refractivity contribution is -0.113. The Morgan fingerprint density at radius 2 is 2.09 bits per heavy atom. The number of allylic oxidation sites excluding steroid dienone is 1. The number of nitrogens with one attached hydrogen (secondary N) is 1. The third-order valence-electron chi connectivity index (χ3n) is 6.96. The van der Waals surface area contributed by atoms with Crippen molar-refractivity contribution in [2.24, 2.45) is 11.3 Å². The molecule has 1 fully saturated rings. The van der Waals surface area contributed by atoms with Gasteiger partial charge < -0.3 is 9.88 Å². The predicted molar refractivity (Wildman–Crippen MR) is 135 cm³/mol. The summed E-state index contributed by atoms with van der Waals surface area (Å²) in [6.07, 6.45) is 9.61. The zero-order valence-electron chi connectivity index (χ0n) is 19.8. The molecule has 0 saturated heterocycles. The molecule has 1 N–H and O–H groups in total. The Morgan fingerprint density at radius 3 is 2.76 bits per heavy atom. The number of hydrogen-bond acceptors (Lipinski definition) is 6. The number of carbonyl (C=O) groups excluding carboxylic acids is 1. The van der Waals surface area contributed by atoms with E-state index >= 15 is 0 Å². The molecule has 2 aliphatic rings. The number of nitrogens with zero attached hydrogens (tertiary/aromatic N) is 4. The Balaban J connectivity index is 1.43. The summed E-state index contributed by atoms with van der Waals surface area (Å²) in [6, 6.07) is 2.35. The van der Waals surface area contributed by atoms with Gasteiger partial charge in [0.05, 0.1) is 11.3 Å². The number of amides is 1. The van der Waals surface area contributed by atoms with Gasteiger partial charge in [0, 0.05) is 17.3 Å². The number of anilines is 1. The second kappa shape index (κ2) is 10.0. The molecule has 0 radical (unpaired) electrons. The van der Waals surface area contributed by atoms with E-state index in [1.54, 1.807) is 11.3 Å². The maximum Gasteiger partial charge on any atom is 0.235 e. The van der Waals surface area contributed by atoms with E-state index in [4.69, 9.17) is 0 Å². The fourth-order valence-electron chi connectivity index (χ4n) is 5.02. The standard InChI is InChI=1S/C25H33N5OS2/c1-5-12-30-22(16-8-6-7-9-16)28-29-24(30)32-15-21(31)27-23-19(14-26)18-11-10-17(25(2,3)4)13-20(18)33-23/h5,16-17H,1,6-13,15H2,2-4H3,(H,27,31). The number of aromatic nitrogens is 3. The monoisotopic (exact) mass is 483 g/mol. The van der Waals surface area contributed by atoms with Crippen molar-refractivity contribution >= 4 is 34.0 Å². The van der Waals surface area contributed by atoms with E-state index in [-0.39, 0.29) is 17.1 Å². The van der Waals surface area contributed by atoms with Crippen LogP contribution in [-0.2, 0) is 24.2 Å². The maximum atomic E-state index is 12.8. The van der Waals surface area contributed by atoms with Gasteiger partial charge in [0.1, 0.15) is 16.9 Å². The van der Waals surface area contributed by atoms with Crippen LogP contribution < -0.4 is 5.32 Å². The molecule has 1 atom stereocenters. The summed E-state index contributed by atoms with van der Waals surface area (Å²) >= 11 is 2.98. The van der Waals surface area contributed by atoms with Crippen LogP contribution in [0.1, 0.15) is 80.6 Å². The normalized spacial score (nSPS) is 18.7. The summed E-state index contributed by atoms with van der Waals surface area (Å²) in [7, 11) is 0. The molecular weight excluding hydrogens is 450 g/mol. The first-order valence-electron chi connectivity index (χ1n) is 11.8. The molecular formula is C25H33N5OS2. The lowest BCUT2D eigenvalue weighted by atomic mass is 9.72. The highest BCUT2D eigenvalue weighted by molar-refractivity contribution is 7.99. The van der Waals surface area contributed by atoms with Crippen molar-refractivity contribution in [3.63, 3.8) is 0 Å². The third-order valence-corrected chi connectivity index (χ3v) is 9.10. The highest BCUT2D eigenvalue weighted by Gasteiger charge is 2.32. The first-order valence-corrected chi connectivity index (χ1v) is 13.6. The molecule has 1 unspecified atom stereocenters. The topological polar surface area (TPSA) is 83.6 Å². The van der Waals surface area contributed by atoms with E-state index in [1.165, 1.54) is 29.5 Å². The maximum absolute atomic E-state index is 12.8. The molecule has 33 heavy (non-hydrogen) atoms. The van der Waals surface area contributed by atoms with Crippen LogP contribution in [0.3, 0.4) is 0 Å². The Kier molecular flexibility index (Phi) is 7.30. The number of thiophene rings is 1. The summed E-state index contributed by atoms with van der Waals surface area (Å²) < 4.78 is 2.10. The molecule has 0 bridgehead atoms. The predicted octanol–water partition coefficient (Wildman–Crippen LogP) is 5.94. The van der Waals surface area contributed by atoms with E-state index in [1.807, 2.05) is 6.08 Å². The van der Waals surface area contributed by atoms with Crippen molar-refractivity contribution in [3.05, 3.63) is 34.5 Å². The molecule has 176 valence electrons. The average Bonchev–Trinajstić information content (AvgIpc) is 3.49. The van der Waals surface area contributed by atoms with Crippen molar-refractivity contribution in [2.75, 3.05) is 11.1 Å². The minimum absolute atomic E-state index is 0.113. The van der Waals surface area contributed by atoms with E-state index in [0.29, 0.717) is 28.9 Å². The van der Waals surface area contributed by atoms with Crippen LogP contribution in [0.2, 0.25) is 0 Å². The van der Waals surface area contributed by atoms with Gasteiger partial charge in [-0.15, -0.1) is 28.1 Å². The molecule has 2 aromatic rings. The largest absolute Gasteiger partial charge is 0.316 e. The summed E-state index contributed by atoms with van der Waals surface area (Å²) in [4.78, 5) is 14.1. The van der Waals surface area contributed by atoms with Crippen LogP contribution in [-0.4, -0.2) is 26.4 Å². The molecule has 1 saturated carbocycles. The number of thioether (sulfide) groups is 1. The van der Waals surface area contributed by atoms with Gasteiger partial charge in [-0.25, -0.2) is 0 Å². The van der Waals surface area contributed by atoms with Gasteiger partial charge in [0.15, 0.2) is 5.16 Å². The van der Waals surface area contributed by atoms with Gasteiger partial charge in [0.2, 0.25) is 5.91 Å². The lowest BCUT2D eigenvalue weighted by Gasteiger charge is -2.33. The Labute approximate surface area is 204 Å². The van der Waals surface area contributed by atoms with Gasteiger partial charge in [-0.05, 0) is 49.0 Å². The molecule has 2 aliphatic carbocycles. The van der Waals surface area contributed by atoms with Gasteiger partial charge in [-0.3, -0.25) is 4.79 Å². The highest BCUT2D eigenvalue weighted by atomic mass is 32.2. The number of rotatable bonds is 7. The molecule has 2 aromatic heterocycles. The summed E-state index contributed by atoms with van der Waals surface area (Å²) in [5.74, 6) is 2.19. The van der Waals surface area contributed by atoms with Crippen molar-refractivity contribution in [3.8, 4) is 6.07 Å². The van der Waals surface area contributed by atoms with Crippen LogP contribution in [0.5, 0.6) is 0 Å². The van der Waals surface area contributed by atoms with Crippen LogP contribution in [0, 0.1) is 22.7 Å². The minimum Gasteiger partial charge on any atom is -0.316 e. The Morgan fingerprint density at radius 1 is 1.33 bits per heavy atom.